The first-order chi connectivity index (χ1) is 6.97. The van der Waals surface area contributed by atoms with Crippen LogP contribution in [0.2, 0.25) is 0 Å². The zero-order valence-electron chi connectivity index (χ0n) is 7.66. The molecule has 1 rings (SSSR count). The molecule has 2 nitrogen and oxygen atoms in total. The average molecular weight is 237 g/mol. The molecule has 0 aromatic carbocycles. The van der Waals surface area contributed by atoms with Gasteiger partial charge in [-0.1, -0.05) is 12.2 Å². The maximum absolute atomic E-state index is 11.7. The highest BCUT2D eigenvalue weighted by Crippen LogP contribution is 2.33. The summed E-state index contributed by atoms with van der Waals surface area (Å²) in [4.78, 5) is 10.9. The van der Waals surface area contributed by atoms with Gasteiger partial charge in [-0.05, 0) is 16.2 Å². The lowest BCUT2D eigenvalue weighted by Gasteiger charge is -2.06. The SMILES string of the molecule is O=C(C=C[SH]1C=CC=C1)NCC(F)(F)F. The summed E-state index contributed by atoms with van der Waals surface area (Å²) in [5, 5.41) is 7.14. The van der Waals surface area contributed by atoms with Crippen molar-refractivity contribution < 1.29 is 18.0 Å². The molecule has 15 heavy (non-hydrogen) atoms. The van der Waals surface area contributed by atoms with Crippen LogP contribution in [0.4, 0.5) is 13.2 Å². The van der Waals surface area contributed by atoms with Gasteiger partial charge in [0.25, 0.3) is 0 Å². The van der Waals surface area contributed by atoms with Crippen molar-refractivity contribution in [2.75, 3.05) is 6.54 Å². The number of hydrogen-bond acceptors (Lipinski definition) is 1. The fourth-order valence-corrected chi connectivity index (χ4v) is 2.05. The monoisotopic (exact) mass is 237 g/mol. The van der Waals surface area contributed by atoms with E-state index in [9.17, 15) is 18.0 Å². The van der Waals surface area contributed by atoms with Gasteiger partial charge in [0, 0.05) is 6.08 Å². The Bertz CT molecular complexity index is 308. The van der Waals surface area contributed by atoms with E-state index in [0.717, 1.165) is 6.08 Å². The van der Waals surface area contributed by atoms with E-state index in [1.165, 1.54) is 0 Å². The molecular formula is C9H10F3NOS. The highest BCUT2D eigenvalue weighted by Gasteiger charge is 2.27. The van der Waals surface area contributed by atoms with Gasteiger partial charge in [-0.25, -0.2) is 0 Å². The molecule has 0 spiro atoms. The molecule has 0 saturated carbocycles. The Kier molecular flexibility index (Phi) is 4.02. The lowest BCUT2D eigenvalue weighted by molar-refractivity contribution is -0.135. The second-order valence-electron chi connectivity index (χ2n) is 2.78. The van der Waals surface area contributed by atoms with Crippen molar-refractivity contribution in [3.8, 4) is 0 Å². The van der Waals surface area contributed by atoms with Crippen LogP contribution in [0.25, 0.3) is 0 Å². The molecule has 1 heterocycles. The standard InChI is InChI=1S/C9H10F3NOS/c10-9(11,12)7-13-8(14)3-6-15-4-1-2-5-15/h1-6,15H,7H2,(H,13,14). The number of carbonyl (C=O) groups excluding carboxylic acids is 1. The van der Waals surface area contributed by atoms with E-state index >= 15 is 0 Å². The van der Waals surface area contributed by atoms with Crippen molar-refractivity contribution in [2.45, 2.75) is 6.18 Å². The summed E-state index contributed by atoms with van der Waals surface area (Å²) in [7, 11) is -0.600. The molecule has 1 aliphatic rings. The van der Waals surface area contributed by atoms with Crippen molar-refractivity contribution >= 4 is 16.8 Å². The number of alkyl halides is 3. The highest BCUT2D eigenvalue weighted by molar-refractivity contribution is 8.24. The van der Waals surface area contributed by atoms with E-state index in [1.54, 1.807) is 10.7 Å². The smallest absolute Gasteiger partial charge is 0.343 e. The third-order valence-corrected chi connectivity index (χ3v) is 3.01. The maximum atomic E-state index is 11.7. The van der Waals surface area contributed by atoms with E-state index in [-0.39, 0.29) is 0 Å². The summed E-state index contributed by atoms with van der Waals surface area (Å²) in [5.41, 5.74) is 0. The number of hydrogen-bond donors (Lipinski definition) is 2. The molecule has 1 N–H and O–H groups in total. The molecule has 0 aromatic heterocycles. The first kappa shape index (κ1) is 11.9. The lowest BCUT2D eigenvalue weighted by atomic mass is 10.5. The molecule has 0 atom stereocenters. The highest BCUT2D eigenvalue weighted by atomic mass is 32.2. The first-order valence-corrected chi connectivity index (χ1v) is 5.67. The van der Waals surface area contributed by atoms with E-state index in [1.807, 2.05) is 23.0 Å². The van der Waals surface area contributed by atoms with Crippen molar-refractivity contribution in [1.82, 2.24) is 5.32 Å². The molecular weight excluding hydrogens is 227 g/mol. The number of allylic oxidation sites excluding steroid dienone is 2. The van der Waals surface area contributed by atoms with Gasteiger partial charge in [0.1, 0.15) is 6.54 Å². The zero-order valence-corrected chi connectivity index (χ0v) is 8.55. The maximum Gasteiger partial charge on any atom is 0.405 e. The van der Waals surface area contributed by atoms with Gasteiger partial charge in [0.2, 0.25) is 5.91 Å². The summed E-state index contributed by atoms with van der Waals surface area (Å²) in [6.07, 6.45) is 0.451. The minimum Gasteiger partial charge on any atom is -0.343 e. The van der Waals surface area contributed by atoms with Crippen LogP contribution in [-0.4, -0.2) is 18.6 Å². The summed E-state index contributed by atoms with van der Waals surface area (Å²) < 4.78 is 35.1. The Morgan fingerprint density at radius 2 is 1.93 bits per heavy atom. The fraction of sp³-hybridized carbons (Fsp3) is 0.222. The molecule has 0 saturated heterocycles. The topological polar surface area (TPSA) is 29.1 Å². The van der Waals surface area contributed by atoms with Gasteiger partial charge in [-0.2, -0.15) is 24.1 Å². The van der Waals surface area contributed by atoms with Gasteiger partial charge in [0.05, 0.1) is 0 Å². The third kappa shape index (κ3) is 5.31. The Labute approximate surface area is 87.9 Å². The predicted octanol–water partition coefficient (Wildman–Crippen LogP) is 2.22. The second kappa shape index (κ2) is 5.06. The molecule has 0 bridgehead atoms. The number of halogens is 3. The molecule has 84 valence electrons. The van der Waals surface area contributed by atoms with E-state index < -0.39 is 29.5 Å². The van der Waals surface area contributed by atoms with Crippen LogP contribution in [0.5, 0.6) is 0 Å². The van der Waals surface area contributed by atoms with Crippen LogP contribution >= 0.6 is 10.9 Å². The van der Waals surface area contributed by atoms with Crippen LogP contribution in [0.1, 0.15) is 0 Å². The Morgan fingerprint density at radius 1 is 1.33 bits per heavy atom. The zero-order chi connectivity index (χ0) is 11.3. The summed E-state index contributed by atoms with van der Waals surface area (Å²) >= 11 is 0. The van der Waals surface area contributed by atoms with E-state index in [2.05, 4.69) is 0 Å². The van der Waals surface area contributed by atoms with E-state index in [4.69, 9.17) is 0 Å². The Morgan fingerprint density at radius 3 is 2.47 bits per heavy atom. The summed E-state index contributed by atoms with van der Waals surface area (Å²) in [5.74, 6) is -0.719. The largest absolute Gasteiger partial charge is 0.405 e. The fourth-order valence-electron chi connectivity index (χ4n) is 0.847. The number of nitrogens with one attached hydrogen (secondary N) is 1. The molecule has 0 unspecified atom stereocenters. The molecule has 0 fully saturated rings. The first-order valence-electron chi connectivity index (χ1n) is 4.12. The van der Waals surface area contributed by atoms with E-state index in [0.29, 0.717) is 0 Å². The van der Waals surface area contributed by atoms with Gasteiger partial charge < -0.3 is 5.32 Å². The Balaban J connectivity index is 2.29. The molecule has 6 heteroatoms. The number of carbonyl (C=O) groups is 1. The van der Waals surface area contributed by atoms with Crippen molar-refractivity contribution in [3.05, 3.63) is 34.5 Å². The number of rotatable bonds is 3. The lowest BCUT2D eigenvalue weighted by Crippen LogP contribution is -2.32. The van der Waals surface area contributed by atoms with Crippen LogP contribution in [0.3, 0.4) is 0 Å². The molecule has 0 radical (unpaired) electrons. The van der Waals surface area contributed by atoms with Crippen LogP contribution in [-0.2, 0) is 4.79 Å². The van der Waals surface area contributed by atoms with Gasteiger partial charge >= 0.3 is 6.18 Å². The predicted molar refractivity (Wildman–Crippen MR) is 55.5 cm³/mol. The van der Waals surface area contributed by atoms with Gasteiger partial charge in [0.15, 0.2) is 0 Å². The summed E-state index contributed by atoms with van der Waals surface area (Å²) in [6, 6.07) is 0. The molecule has 1 aliphatic heterocycles. The normalized spacial score (nSPS) is 17.7. The Hall–Kier alpha value is -1.17. The van der Waals surface area contributed by atoms with Crippen molar-refractivity contribution in [3.63, 3.8) is 0 Å². The van der Waals surface area contributed by atoms with Crippen LogP contribution in [0, 0.1) is 0 Å². The number of thiol groups is 1. The number of amides is 1. The summed E-state index contributed by atoms with van der Waals surface area (Å²) in [6.45, 7) is -1.29. The minimum atomic E-state index is -4.36. The van der Waals surface area contributed by atoms with Gasteiger partial charge in [-0.15, -0.1) is 0 Å². The molecule has 0 aromatic rings. The quantitative estimate of drug-likeness (QED) is 0.572. The van der Waals surface area contributed by atoms with Crippen molar-refractivity contribution in [1.29, 1.82) is 0 Å². The minimum absolute atomic E-state index is 0.600. The van der Waals surface area contributed by atoms with Gasteiger partial charge in [-0.3, -0.25) is 4.79 Å². The molecule has 1 amide bonds. The average Bonchev–Trinajstić information content (AvgIpc) is 2.62. The van der Waals surface area contributed by atoms with Crippen molar-refractivity contribution in [2.24, 2.45) is 0 Å². The molecule has 0 aliphatic carbocycles. The van der Waals surface area contributed by atoms with Crippen LogP contribution in [0.15, 0.2) is 34.5 Å². The second-order valence-corrected chi connectivity index (χ2v) is 4.57. The van der Waals surface area contributed by atoms with Crippen LogP contribution < -0.4 is 5.32 Å². The third-order valence-electron chi connectivity index (χ3n) is 1.49.